The van der Waals surface area contributed by atoms with E-state index in [1.54, 1.807) is 11.3 Å². The predicted octanol–water partition coefficient (Wildman–Crippen LogP) is 0.948. The highest BCUT2D eigenvalue weighted by Gasteiger charge is 2.08. The summed E-state index contributed by atoms with van der Waals surface area (Å²) in [5.41, 5.74) is 6.23. The number of rotatable bonds is 4. The highest BCUT2D eigenvalue weighted by Crippen LogP contribution is 2.22. The van der Waals surface area contributed by atoms with Crippen LogP contribution in [0.15, 0.2) is 5.38 Å². The first kappa shape index (κ1) is 9.63. The van der Waals surface area contributed by atoms with Crippen LogP contribution in [0.3, 0.4) is 0 Å². The smallest absolute Gasteiger partial charge is 0.169 e. The lowest BCUT2D eigenvalue weighted by Crippen LogP contribution is -1.99. The first-order chi connectivity index (χ1) is 6.90. The second-order valence-electron chi connectivity index (χ2n) is 2.68. The lowest BCUT2D eigenvalue weighted by Gasteiger charge is -1.88. The van der Waals surface area contributed by atoms with Crippen LogP contribution in [0.2, 0.25) is 0 Å². The monoisotopic (exact) mass is 227 g/mol. The van der Waals surface area contributed by atoms with Crippen LogP contribution in [0.5, 0.6) is 0 Å². The lowest BCUT2D eigenvalue weighted by atomic mass is 10.3. The summed E-state index contributed by atoms with van der Waals surface area (Å²) in [6.07, 6.45) is 1.84. The molecule has 7 heteroatoms. The number of aryl methyl sites for hydroxylation is 1. The highest BCUT2D eigenvalue weighted by atomic mass is 32.1. The SMILES string of the molecule is NCCCc1nnc(-c2csnn2)s1. The van der Waals surface area contributed by atoms with E-state index in [9.17, 15) is 0 Å². The molecule has 0 radical (unpaired) electrons. The molecule has 2 rings (SSSR count). The molecule has 0 atom stereocenters. The molecule has 0 unspecified atom stereocenters. The molecular weight excluding hydrogens is 218 g/mol. The Morgan fingerprint density at radius 1 is 1.29 bits per heavy atom. The summed E-state index contributed by atoms with van der Waals surface area (Å²) in [7, 11) is 0. The van der Waals surface area contributed by atoms with Gasteiger partial charge in [0.05, 0.1) is 0 Å². The molecule has 2 heterocycles. The van der Waals surface area contributed by atoms with E-state index in [0.29, 0.717) is 6.54 Å². The summed E-state index contributed by atoms with van der Waals surface area (Å²) < 4.78 is 3.78. The predicted molar refractivity (Wildman–Crippen MR) is 56.2 cm³/mol. The van der Waals surface area contributed by atoms with Gasteiger partial charge in [0.15, 0.2) is 5.01 Å². The van der Waals surface area contributed by atoms with E-state index in [-0.39, 0.29) is 0 Å². The van der Waals surface area contributed by atoms with Gasteiger partial charge in [0.2, 0.25) is 0 Å². The largest absolute Gasteiger partial charge is 0.330 e. The molecule has 0 aliphatic rings. The summed E-state index contributed by atoms with van der Waals surface area (Å²) in [4.78, 5) is 0. The van der Waals surface area contributed by atoms with Crippen LogP contribution < -0.4 is 5.73 Å². The fourth-order valence-electron chi connectivity index (χ4n) is 0.969. The maximum atomic E-state index is 5.41. The van der Waals surface area contributed by atoms with Gasteiger partial charge in [-0.25, -0.2) is 0 Å². The minimum atomic E-state index is 0.688. The normalized spacial score (nSPS) is 10.6. The van der Waals surface area contributed by atoms with Crippen LogP contribution in [0.25, 0.3) is 10.7 Å². The Bertz CT molecular complexity index is 382. The van der Waals surface area contributed by atoms with Crippen molar-refractivity contribution in [3.8, 4) is 10.7 Å². The zero-order chi connectivity index (χ0) is 9.80. The maximum Gasteiger partial charge on any atom is 0.169 e. The molecule has 2 aromatic rings. The van der Waals surface area contributed by atoms with Crippen molar-refractivity contribution in [1.29, 1.82) is 0 Å². The fraction of sp³-hybridized carbons (Fsp3) is 0.429. The van der Waals surface area contributed by atoms with Crippen LogP contribution in [-0.4, -0.2) is 26.3 Å². The minimum absolute atomic E-state index is 0.688. The summed E-state index contributed by atoms with van der Waals surface area (Å²) >= 11 is 2.88. The zero-order valence-corrected chi connectivity index (χ0v) is 9.01. The first-order valence-corrected chi connectivity index (χ1v) is 5.85. The summed E-state index contributed by atoms with van der Waals surface area (Å²) in [6.45, 7) is 0.688. The van der Waals surface area contributed by atoms with Gasteiger partial charge < -0.3 is 5.73 Å². The van der Waals surface area contributed by atoms with E-state index in [4.69, 9.17) is 5.73 Å². The lowest BCUT2D eigenvalue weighted by molar-refractivity contribution is 0.812. The molecule has 0 saturated carbocycles. The number of nitrogens with two attached hydrogens (primary N) is 1. The summed E-state index contributed by atoms with van der Waals surface area (Å²) in [6, 6.07) is 0. The van der Waals surface area contributed by atoms with Crippen LogP contribution in [-0.2, 0) is 6.42 Å². The number of nitrogens with zero attached hydrogens (tertiary/aromatic N) is 4. The average Bonchev–Trinajstić information content (AvgIpc) is 2.85. The Labute approximate surface area is 89.2 Å². The van der Waals surface area contributed by atoms with Crippen molar-refractivity contribution in [2.45, 2.75) is 12.8 Å². The summed E-state index contributed by atoms with van der Waals surface area (Å²) in [5, 5.41) is 15.8. The van der Waals surface area contributed by atoms with Gasteiger partial charge in [0.1, 0.15) is 10.7 Å². The molecule has 74 valence electrons. The van der Waals surface area contributed by atoms with Gasteiger partial charge in [-0.3, -0.25) is 0 Å². The van der Waals surface area contributed by atoms with Crippen molar-refractivity contribution in [3.05, 3.63) is 10.4 Å². The van der Waals surface area contributed by atoms with Crippen molar-refractivity contribution in [2.24, 2.45) is 5.73 Å². The topological polar surface area (TPSA) is 77.6 Å². The van der Waals surface area contributed by atoms with Gasteiger partial charge >= 0.3 is 0 Å². The van der Waals surface area contributed by atoms with Crippen LogP contribution in [0, 0.1) is 0 Å². The molecule has 0 aliphatic heterocycles. The van der Waals surface area contributed by atoms with Crippen molar-refractivity contribution >= 4 is 22.9 Å². The third-order valence-electron chi connectivity index (χ3n) is 1.64. The molecule has 0 fully saturated rings. The Kier molecular flexibility index (Phi) is 3.12. The van der Waals surface area contributed by atoms with Crippen molar-refractivity contribution in [2.75, 3.05) is 6.54 Å². The van der Waals surface area contributed by atoms with Gasteiger partial charge in [-0.05, 0) is 24.5 Å². The third-order valence-corrected chi connectivity index (χ3v) is 3.15. The quantitative estimate of drug-likeness (QED) is 0.841. The number of hydrogen-bond acceptors (Lipinski definition) is 7. The molecule has 0 spiro atoms. The molecule has 0 saturated heterocycles. The first-order valence-electron chi connectivity index (χ1n) is 4.20. The van der Waals surface area contributed by atoms with E-state index < -0.39 is 0 Å². The number of aromatic nitrogens is 4. The minimum Gasteiger partial charge on any atom is -0.330 e. The molecule has 2 N–H and O–H groups in total. The van der Waals surface area contributed by atoms with Crippen LogP contribution in [0.1, 0.15) is 11.4 Å². The molecule has 0 bridgehead atoms. The van der Waals surface area contributed by atoms with Crippen LogP contribution in [0.4, 0.5) is 0 Å². The standard InChI is InChI=1S/C7H9N5S2/c8-3-1-2-6-10-11-7(14-6)5-4-13-12-9-5/h4H,1-3,8H2. The highest BCUT2D eigenvalue weighted by molar-refractivity contribution is 7.15. The van der Waals surface area contributed by atoms with Gasteiger partial charge in [0, 0.05) is 11.8 Å². The van der Waals surface area contributed by atoms with Crippen molar-refractivity contribution in [3.63, 3.8) is 0 Å². The van der Waals surface area contributed by atoms with E-state index in [2.05, 4.69) is 19.8 Å². The maximum absolute atomic E-state index is 5.41. The second-order valence-corrected chi connectivity index (χ2v) is 4.36. The van der Waals surface area contributed by atoms with Crippen molar-refractivity contribution < 1.29 is 0 Å². The van der Waals surface area contributed by atoms with Gasteiger partial charge in [-0.1, -0.05) is 15.8 Å². The molecule has 5 nitrogen and oxygen atoms in total. The summed E-state index contributed by atoms with van der Waals surface area (Å²) in [5.74, 6) is 0. The number of hydrogen-bond donors (Lipinski definition) is 1. The average molecular weight is 227 g/mol. The zero-order valence-electron chi connectivity index (χ0n) is 7.38. The molecule has 0 aliphatic carbocycles. The van der Waals surface area contributed by atoms with E-state index >= 15 is 0 Å². The van der Waals surface area contributed by atoms with E-state index in [1.165, 1.54) is 11.5 Å². The van der Waals surface area contributed by atoms with Gasteiger partial charge in [-0.2, -0.15) is 0 Å². The van der Waals surface area contributed by atoms with Gasteiger partial charge in [-0.15, -0.1) is 15.3 Å². The van der Waals surface area contributed by atoms with Crippen LogP contribution >= 0.6 is 22.9 Å². The Morgan fingerprint density at radius 3 is 2.93 bits per heavy atom. The molecule has 2 aromatic heterocycles. The Hall–Kier alpha value is -0.920. The third kappa shape index (κ3) is 2.11. The Morgan fingerprint density at radius 2 is 2.21 bits per heavy atom. The van der Waals surface area contributed by atoms with E-state index in [1.807, 2.05) is 5.38 Å². The molecule has 14 heavy (non-hydrogen) atoms. The van der Waals surface area contributed by atoms with Gasteiger partial charge in [0.25, 0.3) is 0 Å². The second kappa shape index (κ2) is 4.54. The molecule has 0 aromatic carbocycles. The molecule has 0 amide bonds. The Balaban J connectivity index is 2.10. The van der Waals surface area contributed by atoms with E-state index in [0.717, 1.165) is 28.6 Å². The fourth-order valence-corrected chi connectivity index (χ4v) is 2.32. The molecular formula is C7H9N5S2. The van der Waals surface area contributed by atoms with Crippen molar-refractivity contribution in [1.82, 2.24) is 19.8 Å².